The molecule has 3 heteroatoms. The number of hydrogen-bond acceptors (Lipinski definition) is 3. The zero-order chi connectivity index (χ0) is 13.7. The third-order valence-corrected chi connectivity index (χ3v) is 2.82. The number of epoxide rings is 3. The fraction of sp³-hybridized carbons (Fsp3) is 0.600. The van der Waals surface area contributed by atoms with E-state index in [0.29, 0.717) is 18.3 Å². The van der Waals surface area contributed by atoms with Crippen molar-refractivity contribution in [2.24, 2.45) is 0 Å². The lowest BCUT2D eigenvalue weighted by atomic mass is 10.4. The van der Waals surface area contributed by atoms with Crippen LogP contribution < -0.4 is 0 Å². The van der Waals surface area contributed by atoms with E-state index in [1.54, 1.807) is 0 Å². The van der Waals surface area contributed by atoms with Crippen LogP contribution in [0.3, 0.4) is 0 Å². The molecule has 0 saturated carbocycles. The average Bonchev–Trinajstić information content (AvgIpc) is 3.25. The molecule has 0 aliphatic carbocycles. The molecule has 0 aromatic carbocycles. The van der Waals surface area contributed by atoms with Gasteiger partial charge in [0.1, 0.15) is 17.3 Å². The second kappa shape index (κ2) is 6.53. The van der Waals surface area contributed by atoms with E-state index in [0.717, 1.165) is 17.3 Å². The average molecular weight is 252 g/mol. The minimum Gasteiger partial charge on any atom is -0.484 e. The van der Waals surface area contributed by atoms with Gasteiger partial charge in [0.25, 0.3) is 0 Å². The lowest BCUT2D eigenvalue weighted by molar-refractivity contribution is 0.444. The van der Waals surface area contributed by atoms with Crippen LogP contribution in [0, 0.1) is 0 Å². The summed E-state index contributed by atoms with van der Waals surface area (Å²) in [5, 5.41) is 0. The van der Waals surface area contributed by atoms with E-state index in [2.05, 4.69) is 0 Å². The second-order valence-corrected chi connectivity index (χ2v) is 4.35. The van der Waals surface area contributed by atoms with E-state index >= 15 is 0 Å². The van der Waals surface area contributed by atoms with Crippen LogP contribution in [0.5, 0.6) is 0 Å². The van der Waals surface area contributed by atoms with Crippen LogP contribution in [0.15, 0.2) is 35.5 Å². The van der Waals surface area contributed by atoms with Crippen molar-refractivity contribution in [3.8, 4) is 0 Å². The Balaban J connectivity index is 0.000000135. The minimum absolute atomic E-state index is 0.426. The highest BCUT2D eigenvalue weighted by Gasteiger charge is 2.25. The van der Waals surface area contributed by atoms with Crippen molar-refractivity contribution in [2.75, 3.05) is 0 Å². The van der Waals surface area contributed by atoms with Crippen molar-refractivity contribution >= 4 is 0 Å². The zero-order valence-corrected chi connectivity index (χ0v) is 12.2. The van der Waals surface area contributed by atoms with Crippen LogP contribution in [-0.2, 0) is 14.2 Å². The lowest BCUT2D eigenvalue weighted by Crippen LogP contribution is -1.60. The Morgan fingerprint density at radius 3 is 0.778 bits per heavy atom. The van der Waals surface area contributed by atoms with Crippen molar-refractivity contribution < 1.29 is 14.2 Å². The molecule has 3 nitrogen and oxygen atoms in total. The summed E-state index contributed by atoms with van der Waals surface area (Å²) >= 11 is 0. The first-order valence-electron chi connectivity index (χ1n) is 6.52. The smallest absolute Gasteiger partial charge is 0.152 e. The van der Waals surface area contributed by atoms with Crippen molar-refractivity contribution in [3.05, 3.63) is 35.5 Å². The standard InChI is InChI=1S/3C5H8O/c3*1-3-5-4(2)6-5/h3*3-4H,1-2H3. The SMILES string of the molecule is CC=C1OC1C.CC=C1OC1C.CC=C1OC1C. The molecular weight excluding hydrogens is 228 g/mol. The lowest BCUT2D eigenvalue weighted by Gasteiger charge is -1.51. The molecule has 3 rings (SSSR count). The number of hydrogen-bond donors (Lipinski definition) is 0. The fourth-order valence-corrected chi connectivity index (χ4v) is 1.42. The third-order valence-electron chi connectivity index (χ3n) is 2.82. The predicted molar refractivity (Wildman–Crippen MR) is 72.9 cm³/mol. The Labute approximate surface area is 110 Å². The van der Waals surface area contributed by atoms with Crippen LogP contribution in [0.4, 0.5) is 0 Å². The number of allylic oxidation sites excluding steroid dienone is 3. The Morgan fingerprint density at radius 2 is 0.778 bits per heavy atom. The summed E-state index contributed by atoms with van der Waals surface area (Å²) in [6, 6.07) is 0. The molecule has 0 N–H and O–H groups in total. The Kier molecular flexibility index (Phi) is 5.32. The first-order valence-corrected chi connectivity index (χ1v) is 6.52. The Morgan fingerprint density at radius 1 is 0.611 bits per heavy atom. The van der Waals surface area contributed by atoms with Crippen molar-refractivity contribution in [2.45, 2.75) is 59.9 Å². The molecule has 3 saturated heterocycles. The summed E-state index contributed by atoms with van der Waals surface area (Å²) in [7, 11) is 0. The van der Waals surface area contributed by atoms with Gasteiger partial charge >= 0.3 is 0 Å². The van der Waals surface area contributed by atoms with E-state index in [1.807, 2.05) is 59.8 Å². The van der Waals surface area contributed by atoms with E-state index < -0.39 is 0 Å². The topological polar surface area (TPSA) is 37.6 Å². The molecule has 3 unspecified atom stereocenters. The molecule has 0 amide bonds. The van der Waals surface area contributed by atoms with Gasteiger partial charge in [0, 0.05) is 0 Å². The van der Waals surface area contributed by atoms with Gasteiger partial charge in [-0.25, -0.2) is 0 Å². The molecule has 0 bridgehead atoms. The molecule has 3 aliphatic rings. The van der Waals surface area contributed by atoms with Crippen LogP contribution in [-0.4, -0.2) is 18.3 Å². The van der Waals surface area contributed by atoms with Crippen LogP contribution in [0.1, 0.15) is 41.5 Å². The molecular formula is C15H24O3. The van der Waals surface area contributed by atoms with Crippen molar-refractivity contribution in [1.29, 1.82) is 0 Å². The van der Waals surface area contributed by atoms with Gasteiger partial charge in [-0.05, 0) is 59.8 Å². The highest BCUT2D eigenvalue weighted by molar-refractivity contribution is 5.10. The van der Waals surface area contributed by atoms with E-state index in [4.69, 9.17) is 14.2 Å². The van der Waals surface area contributed by atoms with E-state index in [-0.39, 0.29) is 0 Å². The minimum atomic E-state index is 0.426. The van der Waals surface area contributed by atoms with E-state index in [9.17, 15) is 0 Å². The predicted octanol–water partition coefficient (Wildman–Crippen LogP) is 3.93. The van der Waals surface area contributed by atoms with Gasteiger partial charge in [-0.3, -0.25) is 0 Å². The van der Waals surface area contributed by atoms with Crippen molar-refractivity contribution in [1.82, 2.24) is 0 Å². The molecule has 0 radical (unpaired) electrons. The second-order valence-electron chi connectivity index (χ2n) is 4.35. The molecule has 102 valence electrons. The summed E-state index contributed by atoms with van der Waals surface area (Å²) in [5.41, 5.74) is 0. The molecule has 3 aliphatic heterocycles. The maximum Gasteiger partial charge on any atom is 0.152 e. The first-order chi connectivity index (χ1) is 8.53. The fourth-order valence-electron chi connectivity index (χ4n) is 1.42. The van der Waals surface area contributed by atoms with Gasteiger partial charge in [-0.15, -0.1) is 0 Å². The zero-order valence-electron chi connectivity index (χ0n) is 12.2. The number of ether oxygens (including phenoxy) is 3. The summed E-state index contributed by atoms with van der Waals surface area (Å²) in [4.78, 5) is 0. The summed E-state index contributed by atoms with van der Waals surface area (Å²) in [6.07, 6.45) is 7.25. The molecule has 18 heavy (non-hydrogen) atoms. The molecule has 3 atom stereocenters. The first kappa shape index (κ1) is 14.7. The highest BCUT2D eigenvalue weighted by Crippen LogP contribution is 2.25. The quantitative estimate of drug-likeness (QED) is 0.613. The van der Waals surface area contributed by atoms with Gasteiger partial charge < -0.3 is 14.2 Å². The van der Waals surface area contributed by atoms with Gasteiger partial charge in [0.15, 0.2) is 18.3 Å². The normalized spacial score (nSPS) is 36.3. The van der Waals surface area contributed by atoms with E-state index in [1.165, 1.54) is 0 Å². The monoisotopic (exact) mass is 252 g/mol. The van der Waals surface area contributed by atoms with Gasteiger partial charge in [-0.2, -0.15) is 0 Å². The molecule has 3 heterocycles. The van der Waals surface area contributed by atoms with Crippen LogP contribution in [0.2, 0.25) is 0 Å². The van der Waals surface area contributed by atoms with Crippen LogP contribution >= 0.6 is 0 Å². The summed E-state index contributed by atoms with van der Waals surface area (Å²) in [6.45, 7) is 12.1. The molecule has 0 spiro atoms. The van der Waals surface area contributed by atoms with Gasteiger partial charge in [-0.1, -0.05) is 0 Å². The highest BCUT2D eigenvalue weighted by atomic mass is 16.6. The molecule has 0 aromatic heterocycles. The maximum atomic E-state index is 4.93. The molecule has 0 aromatic rings. The molecule has 3 fully saturated rings. The number of rotatable bonds is 0. The van der Waals surface area contributed by atoms with Gasteiger partial charge in [0.05, 0.1) is 0 Å². The summed E-state index contributed by atoms with van der Waals surface area (Å²) in [5.74, 6) is 3.40. The van der Waals surface area contributed by atoms with Crippen molar-refractivity contribution in [3.63, 3.8) is 0 Å². The largest absolute Gasteiger partial charge is 0.484 e. The van der Waals surface area contributed by atoms with Crippen LogP contribution in [0.25, 0.3) is 0 Å². The third kappa shape index (κ3) is 5.30. The van der Waals surface area contributed by atoms with Gasteiger partial charge in [0.2, 0.25) is 0 Å². The maximum absolute atomic E-state index is 4.93. The Hall–Kier alpha value is -1.38. The Bertz CT molecular complexity index is 309. The summed E-state index contributed by atoms with van der Waals surface area (Å²) < 4.78 is 14.8.